The third kappa shape index (κ3) is 3.50. The summed E-state index contributed by atoms with van der Waals surface area (Å²) in [6.45, 7) is 3.65. The molecule has 0 radical (unpaired) electrons. The molecule has 1 fully saturated rings. The Labute approximate surface area is 120 Å². The van der Waals surface area contributed by atoms with E-state index in [1.165, 1.54) is 0 Å². The molecule has 2 atom stereocenters. The number of ether oxygens (including phenoxy) is 1. The topological polar surface area (TPSA) is 56.5 Å². The number of nitriles is 1. The molecule has 1 saturated heterocycles. The second-order valence-corrected chi connectivity index (χ2v) is 5.49. The van der Waals surface area contributed by atoms with E-state index >= 15 is 0 Å². The van der Waals surface area contributed by atoms with E-state index in [1.807, 2.05) is 19.1 Å². The number of nitrogens with zero attached hydrogens (tertiary/aromatic N) is 2. The summed E-state index contributed by atoms with van der Waals surface area (Å²) in [5.74, 6) is 0.826. The van der Waals surface area contributed by atoms with Crippen molar-refractivity contribution in [2.75, 3.05) is 13.7 Å². The molecule has 0 amide bonds. The van der Waals surface area contributed by atoms with Crippen LogP contribution in [0.15, 0.2) is 18.2 Å². The fourth-order valence-electron chi connectivity index (χ4n) is 2.95. The molecular formula is C16H22N2O2. The van der Waals surface area contributed by atoms with Crippen molar-refractivity contribution in [1.29, 1.82) is 5.26 Å². The highest BCUT2D eigenvalue weighted by molar-refractivity contribution is 5.42. The van der Waals surface area contributed by atoms with Crippen molar-refractivity contribution >= 4 is 0 Å². The molecule has 2 unspecified atom stereocenters. The first-order valence-corrected chi connectivity index (χ1v) is 7.13. The van der Waals surface area contributed by atoms with Crippen molar-refractivity contribution in [1.82, 2.24) is 4.90 Å². The predicted octanol–water partition coefficient (Wildman–Crippen LogP) is 2.30. The number of likely N-dealkylation sites (tertiary alicyclic amines) is 1. The summed E-state index contributed by atoms with van der Waals surface area (Å²) in [6, 6.07) is 8.13. The molecule has 20 heavy (non-hydrogen) atoms. The fourth-order valence-corrected chi connectivity index (χ4v) is 2.95. The minimum atomic E-state index is -0.270. The van der Waals surface area contributed by atoms with E-state index in [-0.39, 0.29) is 6.10 Å². The van der Waals surface area contributed by atoms with Crippen LogP contribution in [0, 0.1) is 11.3 Å². The Hall–Kier alpha value is -1.57. The van der Waals surface area contributed by atoms with E-state index < -0.39 is 0 Å². The molecule has 0 spiro atoms. The van der Waals surface area contributed by atoms with Crippen molar-refractivity contribution in [2.45, 2.75) is 44.9 Å². The Kier molecular flexibility index (Phi) is 4.99. The van der Waals surface area contributed by atoms with Crippen LogP contribution in [0.4, 0.5) is 0 Å². The molecule has 4 heteroatoms. The van der Waals surface area contributed by atoms with Gasteiger partial charge in [0.15, 0.2) is 0 Å². The first-order valence-electron chi connectivity index (χ1n) is 7.13. The quantitative estimate of drug-likeness (QED) is 0.895. The number of hydrogen-bond acceptors (Lipinski definition) is 4. The summed E-state index contributed by atoms with van der Waals surface area (Å²) < 4.78 is 5.39. The molecule has 1 aromatic carbocycles. The maximum Gasteiger partial charge on any atom is 0.123 e. The Morgan fingerprint density at radius 1 is 1.55 bits per heavy atom. The maximum atomic E-state index is 9.59. The molecule has 1 aliphatic rings. The van der Waals surface area contributed by atoms with Gasteiger partial charge in [-0.1, -0.05) is 0 Å². The highest BCUT2D eigenvalue weighted by atomic mass is 16.5. The molecule has 0 aromatic heterocycles. The molecule has 1 heterocycles. The van der Waals surface area contributed by atoms with E-state index in [4.69, 9.17) is 10.00 Å². The lowest BCUT2D eigenvalue weighted by molar-refractivity contribution is 0.130. The molecule has 0 bridgehead atoms. The zero-order valence-corrected chi connectivity index (χ0v) is 12.2. The number of aliphatic hydroxyl groups is 1. The van der Waals surface area contributed by atoms with Crippen molar-refractivity contribution in [2.24, 2.45) is 0 Å². The van der Waals surface area contributed by atoms with Crippen molar-refractivity contribution < 1.29 is 9.84 Å². The zero-order valence-electron chi connectivity index (χ0n) is 12.2. The standard InChI is InChI=1S/C16H22N2O2/c1-12(19)8-15-4-3-7-18(15)11-14-9-13(10-17)5-6-16(14)20-2/h5-6,9,12,15,19H,3-4,7-8,11H2,1-2H3. The highest BCUT2D eigenvalue weighted by Gasteiger charge is 2.26. The van der Waals surface area contributed by atoms with Crippen molar-refractivity contribution in [3.05, 3.63) is 29.3 Å². The lowest BCUT2D eigenvalue weighted by atomic mass is 10.1. The van der Waals surface area contributed by atoms with Gasteiger partial charge in [0, 0.05) is 18.2 Å². The van der Waals surface area contributed by atoms with E-state index in [2.05, 4.69) is 11.0 Å². The second-order valence-electron chi connectivity index (χ2n) is 5.49. The van der Waals surface area contributed by atoms with Crippen LogP contribution in [-0.2, 0) is 6.54 Å². The summed E-state index contributed by atoms with van der Waals surface area (Å²) in [6.07, 6.45) is 2.83. The third-order valence-corrected chi connectivity index (χ3v) is 3.90. The Morgan fingerprint density at radius 2 is 2.35 bits per heavy atom. The monoisotopic (exact) mass is 274 g/mol. The second kappa shape index (κ2) is 6.74. The van der Waals surface area contributed by atoms with E-state index in [1.54, 1.807) is 13.2 Å². The average molecular weight is 274 g/mol. The van der Waals surface area contributed by atoms with Crippen LogP contribution in [0.25, 0.3) is 0 Å². The van der Waals surface area contributed by atoms with Gasteiger partial charge in [-0.05, 0) is 50.9 Å². The molecular weight excluding hydrogens is 252 g/mol. The zero-order chi connectivity index (χ0) is 14.5. The molecule has 4 nitrogen and oxygen atoms in total. The van der Waals surface area contributed by atoms with Gasteiger partial charge in [0.05, 0.1) is 24.8 Å². The van der Waals surface area contributed by atoms with Gasteiger partial charge >= 0.3 is 0 Å². The van der Waals surface area contributed by atoms with Gasteiger partial charge in [0.1, 0.15) is 5.75 Å². The largest absolute Gasteiger partial charge is 0.496 e. The summed E-state index contributed by atoms with van der Waals surface area (Å²) in [7, 11) is 1.65. The van der Waals surface area contributed by atoms with Gasteiger partial charge < -0.3 is 9.84 Å². The molecule has 1 N–H and O–H groups in total. The summed E-state index contributed by atoms with van der Waals surface area (Å²) in [5.41, 5.74) is 1.70. The number of aliphatic hydroxyl groups excluding tert-OH is 1. The van der Waals surface area contributed by atoms with Gasteiger partial charge in [-0.15, -0.1) is 0 Å². The molecule has 1 aromatic rings. The van der Waals surface area contributed by atoms with Crippen LogP contribution in [0.5, 0.6) is 5.75 Å². The summed E-state index contributed by atoms with van der Waals surface area (Å²) >= 11 is 0. The first kappa shape index (κ1) is 14.8. The SMILES string of the molecule is COc1ccc(C#N)cc1CN1CCCC1CC(C)O. The molecule has 0 aliphatic carbocycles. The van der Waals surface area contributed by atoms with Gasteiger partial charge in [-0.3, -0.25) is 4.90 Å². The molecule has 1 aliphatic heterocycles. The Bertz CT molecular complexity index is 494. The van der Waals surface area contributed by atoms with Crippen LogP contribution in [-0.4, -0.2) is 35.8 Å². The number of rotatable bonds is 5. The van der Waals surface area contributed by atoms with Gasteiger partial charge in [-0.2, -0.15) is 5.26 Å². The van der Waals surface area contributed by atoms with Crippen LogP contribution in [0.3, 0.4) is 0 Å². The van der Waals surface area contributed by atoms with Gasteiger partial charge in [0.2, 0.25) is 0 Å². The predicted molar refractivity (Wildman–Crippen MR) is 77.4 cm³/mol. The fraction of sp³-hybridized carbons (Fsp3) is 0.562. The normalized spacial score (nSPS) is 20.6. The summed E-state index contributed by atoms with van der Waals surface area (Å²) in [4.78, 5) is 2.38. The van der Waals surface area contributed by atoms with Crippen molar-refractivity contribution in [3.8, 4) is 11.8 Å². The molecule has 2 rings (SSSR count). The van der Waals surface area contributed by atoms with Gasteiger partial charge in [0.25, 0.3) is 0 Å². The lowest BCUT2D eigenvalue weighted by Crippen LogP contribution is -2.31. The summed E-state index contributed by atoms with van der Waals surface area (Å²) in [5, 5.41) is 18.6. The van der Waals surface area contributed by atoms with Crippen LogP contribution in [0.1, 0.15) is 37.3 Å². The lowest BCUT2D eigenvalue weighted by Gasteiger charge is -2.26. The Morgan fingerprint density at radius 3 is 3.00 bits per heavy atom. The average Bonchev–Trinajstić information content (AvgIpc) is 2.85. The van der Waals surface area contributed by atoms with E-state index in [0.717, 1.165) is 43.7 Å². The number of hydrogen-bond donors (Lipinski definition) is 1. The first-order chi connectivity index (χ1) is 9.63. The Balaban J connectivity index is 2.14. The molecule has 108 valence electrons. The third-order valence-electron chi connectivity index (χ3n) is 3.90. The smallest absolute Gasteiger partial charge is 0.123 e. The van der Waals surface area contributed by atoms with Crippen LogP contribution < -0.4 is 4.74 Å². The highest BCUT2D eigenvalue weighted by Crippen LogP contribution is 2.27. The molecule has 0 saturated carbocycles. The van der Waals surface area contributed by atoms with Gasteiger partial charge in [-0.25, -0.2) is 0 Å². The van der Waals surface area contributed by atoms with Crippen LogP contribution >= 0.6 is 0 Å². The van der Waals surface area contributed by atoms with Crippen LogP contribution in [0.2, 0.25) is 0 Å². The minimum absolute atomic E-state index is 0.270. The minimum Gasteiger partial charge on any atom is -0.496 e. The number of methoxy groups -OCH3 is 1. The van der Waals surface area contributed by atoms with Crippen molar-refractivity contribution in [3.63, 3.8) is 0 Å². The van der Waals surface area contributed by atoms with E-state index in [0.29, 0.717) is 11.6 Å². The maximum absolute atomic E-state index is 9.59. The van der Waals surface area contributed by atoms with E-state index in [9.17, 15) is 5.11 Å². The number of benzene rings is 1.